The van der Waals surface area contributed by atoms with Crippen molar-refractivity contribution in [2.45, 2.75) is 19.4 Å². The molecule has 9 nitrogen and oxygen atoms in total. The van der Waals surface area contributed by atoms with Crippen molar-refractivity contribution in [2.75, 3.05) is 0 Å². The van der Waals surface area contributed by atoms with Crippen molar-refractivity contribution >= 4 is 40.8 Å². The number of allylic oxidation sites excluding steroid dienone is 2. The summed E-state index contributed by atoms with van der Waals surface area (Å²) >= 11 is 5.96. The number of nitrogens with zero attached hydrogens (tertiary/aromatic N) is 3. The Morgan fingerprint density at radius 1 is 0.946 bits per heavy atom. The third-order valence-electron chi connectivity index (χ3n) is 8.26. The summed E-state index contributed by atoms with van der Waals surface area (Å²) < 4.78 is 0. The second-order valence-corrected chi connectivity index (χ2v) is 10.6. The SMILES string of the molecule is C[C@H](C(=O)c1ccc(Cl)cc1)N(C(=O)c1ccc([N+](=O)[O-])cc1)N1C(=O)[C@@H]2[C@H]3C=C[C@@H]([C@@H]4C[C@@H]34)[C@H]2C1=O. The molecule has 2 aromatic rings. The molecule has 1 saturated heterocycles. The van der Waals surface area contributed by atoms with Crippen LogP contribution in [0.3, 0.4) is 0 Å². The third kappa shape index (κ3) is 3.52. The maximum Gasteiger partial charge on any atom is 0.273 e. The zero-order valence-corrected chi connectivity index (χ0v) is 20.4. The van der Waals surface area contributed by atoms with Gasteiger partial charge in [-0.2, -0.15) is 5.01 Å². The molecule has 1 heterocycles. The fourth-order valence-electron chi connectivity index (χ4n) is 6.42. The zero-order valence-electron chi connectivity index (χ0n) is 19.7. The molecular formula is C27H22ClN3O6. The summed E-state index contributed by atoms with van der Waals surface area (Å²) in [5, 5.41) is 13.3. The number of nitro groups is 1. The van der Waals surface area contributed by atoms with Gasteiger partial charge in [0.1, 0.15) is 6.04 Å². The lowest BCUT2D eigenvalue weighted by molar-refractivity contribution is -0.384. The van der Waals surface area contributed by atoms with E-state index >= 15 is 0 Å². The number of Topliss-reactive ketones (excluding diaryl/α,β-unsaturated/α-hetero) is 1. The highest BCUT2D eigenvalue weighted by molar-refractivity contribution is 6.30. The van der Waals surface area contributed by atoms with Crippen LogP contribution in [0, 0.1) is 45.6 Å². The molecule has 10 heteroatoms. The van der Waals surface area contributed by atoms with E-state index in [-0.39, 0.29) is 28.7 Å². The Bertz CT molecular complexity index is 1350. The summed E-state index contributed by atoms with van der Waals surface area (Å²) in [5.74, 6) is -2.69. The van der Waals surface area contributed by atoms with Crippen molar-refractivity contribution in [3.63, 3.8) is 0 Å². The van der Waals surface area contributed by atoms with Crippen LogP contribution in [0.15, 0.2) is 60.7 Å². The topological polar surface area (TPSA) is 118 Å². The first-order valence-corrected chi connectivity index (χ1v) is 12.5. The van der Waals surface area contributed by atoms with E-state index in [1.165, 1.54) is 43.3 Å². The summed E-state index contributed by atoms with van der Waals surface area (Å²) in [4.78, 5) is 65.4. The number of hydrogen-bond acceptors (Lipinski definition) is 6. The summed E-state index contributed by atoms with van der Waals surface area (Å²) in [7, 11) is 0. The van der Waals surface area contributed by atoms with Gasteiger partial charge in [-0.3, -0.25) is 29.3 Å². The summed E-state index contributed by atoms with van der Waals surface area (Å²) in [6.07, 6.45) is 5.05. The highest BCUT2D eigenvalue weighted by Gasteiger charge is 2.68. The monoisotopic (exact) mass is 519 g/mol. The number of hydrazine groups is 1. The average Bonchev–Trinajstić information content (AvgIpc) is 3.68. The molecule has 0 spiro atoms. The molecule has 188 valence electrons. The molecule has 0 unspecified atom stereocenters. The van der Waals surface area contributed by atoms with E-state index < -0.39 is 46.3 Å². The number of amides is 3. The Morgan fingerprint density at radius 3 is 1.97 bits per heavy atom. The molecule has 0 aromatic heterocycles. The largest absolute Gasteiger partial charge is 0.292 e. The number of ketones is 1. The van der Waals surface area contributed by atoms with Crippen LogP contribution in [-0.2, 0) is 9.59 Å². The minimum Gasteiger partial charge on any atom is -0.292 e. The number of benzene rings is 2. The summed E-state index contributed by atoms with van der Waals surface area (Å²) in [5.41, 5.74) is 0.0632. The smallest absolute Gasteiger partial charge is 0.273 e. The van der Waals surface area contributed by atoms with Crippen molar-refractivity contribution in [2.24, 2.45) is 35.5 Å². The van der Waals surface area contributed by atoms with Crippen LogP contribution >= 0.6 is 11.6 Å². The Morgan fingerprint density at radius 2 is 1.46 bits per heavy atom. The molecule has 7 rings (SSSR count). The lowest BCUT2D eigenvalue weighted by atomic mass is 9.63. The van der Waals surface area contributed by atoms with Crippen molar-refractivity contribution in [3.8, 4) is 0 Å². The molecule has 2 saturated carbocycles. The van der Waals surface area contributed by atoms with Gasteiger partial charge < -0.3 is 0 Å². The molecule has 3 fully saturated rings. The summed E-state index contributed by atoms with van der Waals surface area (Å²) in [6.45, 7) is 1.47. The van der Waals surface area contributed by atoms with Gasteiger partial charge in [-0.15, -0.1) is 0 Å². The summed E-state index contributed by atoms with van der Waals surface area (Å²) in [6, 6.07) is 9.75. The highest BCUT2D eigenvalue weighted by atomic mass is 35.5. The lowest BCUT2D eigenvalue weighted by Crippen LogP contribution is -2.56. The molecular weight excluding hydrogens is 498 g/mol. The van der Waals surface area contributed by atoms with Gasteiger partial charge in [-0.25, -0.2) is 5.01 Å². The van der Waals surface area contributed by atoms with Crippen LogP contribution in [0.4, 0.5) is 5.69 Å². The molecule has 4 aliphatic carbocycles. The second kappa shape index (κ2) is 8.34. The van der Waals surface area contributed by atoms with Gasteiger partial charge in [-0.05, 0) is 73.4 Å². The van der Waals surface area contributed by atoms with E-state index in [0.717, 1.165) is 16.4 Å². The van der Waals surface area contributed by atoms with Gasteiger partial charge in [0.05, 0.1) is 16.8 Å². The molecule has 5 aliphatic rings. The van der Waals surface area contributed by atoms with Crippen LogP contribution in [0.25, 0.3) is 0 Å². The van der Waals surface area contributed by atoms with E-state index in [1.54, 1.807) is 12.1 Å². The standard InChI is InChI=1S/C27H22ClN3O6/c1-13(24(32)14-2-6-16(28)7-3-14)29(25(33)15-4-8-17(9-5-15)31(36)37)30-26(34)22-18-10-11-19(21-12-20(18)21)23(22)27(30)35/h2-11,13,18-23H,12H2,1H3/t13-,18+,19+,20+,21+,22-,23-/m1/s1. The number of nitro benzene ring substituents is 1. The number of imide groups is 1. The predicted octanol–water partition coefficient (Wildman–Crippen LogP) is 3.93. The van der Waals surface area contributed by atoms with E-state index in [1.807, 2.05) is 12.2 Å². The van der Waals surface area contributed by atoms with Crippen molar-refractivity contribution < 1.29 is 24.1 Å². The maximum atomic E-state index is 13.8. The van der Waals surface area contributed by atoms with Gasteiger partial charge >= 0.3 is 0 Å². The van der Waals surface area contributed by atoms with Gasteiger partial charge in [-0.1, -0.05) is 23.8 Å². The third-order valence-corrected chi connectivity index (χ3v) is 8.52. The number of rotatable bonds is 6. The van der Waals surface area contributed by atoms with E-state index in [9.17, 15) is 29.3 Å². The predicted molar refractivity (Wildman–Crippen MR) is 131 cm³/mol. The molecule has 1 aliphatic heterocycles. The molecule has 37 heavy (non-hydrogen) atoms. The highest BCUT2D eigenvalue weighted by Crippen LogP contribution is 2.65. The van der Waals surface area contributed by atoms with Crippen LogP contribution in [0.1, 0.15) is 34.1 Å². The van der Waals surface area contributed by atoms with Gasteiger partial charge in [0.25, 0.3) is 23.4 Å². The van der Waals surface area contributed by atoms with Gasteiger partial charge in [0.15, 0.2) is 5.78 Å². The van der Waals surface area contributed by atoms with E-state index in [4.69, 9.17) is 11.6 Å². The number of halogens is 1. The first-order chi connectivity index (χ1) is 17.7. The number of carbonyl (C=O) groups excluding carboxylic acids is 4. The second-order valence-electron chi connectivity index (χ2n) is 10.1. The number of non-ortho nitro benzene ring substituents is 1. The lowest BCUT2D eigenvalue weighted by Gasteiger charge is -2.37. The first kappa shape index (κ1) is 23.5. The Hall–Kier alpha value is -3.85. The normalized spacial score (nSPS) is 29.5. The molecule has 2 bridgehead atoms. The molecule has 3 amide bonds. The van der Waals surface area contributed by atoms with Crippen LogP contribution in [-0.4, -0.2) is 44.5 Å². The minimum absolute atomic E-state index is 0.0146. The Balaban J connectivity index is 1.39. The fraction of sp³-hybridized carbons (Fsp3) is 0.333. The number of hydrogen-bond donors (Lipinski definition) is 0. The Labute approximate surface area is 216 Å². The van der Waals surface area contributed by atoms with E-state index in [0.29, 0.717) is 16.9 Å². The van der Waals surface area contributed by atoms with Crippen molar-refractivity contribution in [3.05, 3.63) is 86.9 Å². The van der Waals surface area contributed by atoms with Gasteiger partial charge in [0, 0.05) is 28.3 Å². The molecule has 2 aromatic carbocycles. The Kier molecular flexibility index (Phi) is 5.31. The van der Waals surface area contributed by atoms with Crippen molar-refractivity contribution in [1.82, 2.24) is 10.0 Å². The fourth-order valence-corrected chi connectivity index (χ4v) is 6.54. The van der Waals surface area contributed by atoms with Gasteiger partial charge in [0.2, 0.25) is 0 Å². The first-order valence-electron chi connectivity index (χ1n) is 12.1. The quantitative estimate of drug-likeness (QED) is 0.188. The van der Waals surface area contributed by atoms with Crippen LogP contribution in [0.5, 0.6) is 0 Å². The van der Waals surface area contributed by atoms with Crippen LogP contribution in [0.2, 0.25) is 5.02 Å². The molecule has 0 N–H and O–H groups in total. The number of carbonyl (C=O) groups is 4. The molecule has 7 atom stereocenters. The molecule has 0 radical (unpaired) electrons. The average molecular weight is 520 g/mol. The maximum absolute atomic E-state index is 13.8. The zero-order chi connectivity index (χ0) is 26.2. The van der Waals surface area contributed by atoms with Crippen LogP contribution < -0.4 is 0 Å². The van der Waals surface area contributed by atoms with Crippen molar-refractivity contribution in [1.29, 1.82) is 0 Å². The minimum atomic E-state index is -1.21. The van der Waals surface area contributed by atoms with E-state index in [2.05, 4.69) is 0 Å².